The molecule has 0 bridgehead atoms. The quantitative estimate of drug-likeness (QED) is 0.669. The number of nitrogens with one attached hydrogen (secondary N) is 2. The van der Waals surface area contributed by atoms with Crippen LogP contribution in [0.15, 0.2) is 53.4 Å². The average Bonchev–Trinajstić information content (AvgIpc) is 2.74. The number of rotatable bonds is 8. The van der Waals surface area contributed by atoms with Crippen LogP contribution in [0, 0.1) is 6.92 Å². The largest absolute Gasteiger partial charge is 0.481 e. The van der Waals surface area contributed by atoms with Crippen LogP contribution in [-0.4, -0.2) is 26.5 Å². The van der Waals surface area contributed by atoms with Gasteiger partial charge in [-0.15, -0.1) is 0 Å². The van der Waals surface area contributed by atoms with Crippen LogP contribution in [0.5, 0.6) is 5.75 Å². The van der Waals surface area contributed by atoms with Gasteiger partial charge >= 0.3 is 0 Å². The van der Waals surface area contributed by atoms with Crippen LogP contribution in [0.1, 0.15) is 50.2 Å². The van der Waals surface area contributed by atoms with Gasteiger partial charge in [0.1, 0.15) is 5.75 Å². The van der Waals surface area contributed by atoms with Crippen molar-refractivity contribution >= 4 is 15.9 Å². The zero-order chi connectivity index (χ0) is 21.6. The van der Waals surface area contributed by atoms with Gasteiger partial charge in [0.15, 0.2) is 6.10 Å². The molecule has 0 heterocycles. The molecule has 2 aromatic rings. The van der Waals surface area contributed by atoms with Gasteiger partial charge in [0.2, 0.25) is 10.0 Å². The van der Waals surface area contributed by atoms with E-state index in [0.717, 1.165) is 36.8 Å². The van der Waals surface area contributed by atoms with E-state index in [0.29, 0.717) is 5.75 Å². The molecule has 2 N–H and O–H groups in total. The molecule has 162 valence electrons. The summed E-state index contributed by atoms with van der Waals surface area (Å²) in [6.07, 6.45) is 4.91. The van der Waals surface area contributed by atoms with Crippen LogP contribution >= 0.6 is 0 Å². The minimum atomic E-state index is -3.63. The number of amides is 1. The van der Waals surface area contributed by atoms with E-state index in [-0.39, 0.29) is 23.4 Å². The van der Waals surface area contributed by atoms with Crippen LogP contribution in [-0.2, 0) is 21.4 Å². The maximum atomic E-state index is 12.5. The molecule has 0 unspecified atom stereocenters. The Hall–Kier alpha value is -2.38. The molecule has 30 heavy (non-hydrogen) atoms. The maximum absolute atomic E-state index is 12.5. The van der Waals surface area contributed by atoms with Crippen LogP contribution < -0.4 is 14.8 Å². The van der Waals surface area contributed by atoms with E-state index in [9.17, 15) is 13.2 Å². The van der Waals surface area contributed by atoms with Crippen LogP contribution in [0.2, 0.25) is 0 Å². The molecular weight excluding hydrogens is 400 g/mol. The number of benzene rings is 2. The number of sulfonamides is 1. The lowest BCUT2D eigenvalue weighted by atomic mass is 9.95. The highest BCUT2D eigenvalue weighted by Crippen LogP contribution is 2.19. The molecular formula is C23H30N2O4S. The molecule has 1 aliphatic carbocycles. The van der Waals surface area contributed by atoms with Gasteiger partial charge in [0, 0.05) is 12.6 Å². The standard InChI is InChI=1S/C23H30N2O4S/c1-17-8-10-19(11-9-17)16-24-30(27,28)22-14-12-21(13-15-22)29-18(2)23(26)25-20-6-4-3-5-7-20/h8-15,18,20,24H,3-7,16H2,1-2H3,(H,25,26)/t18-/m1/s1. The second kappa shape index (κ2) is 10.1. The highest BCUT2D eigenvalue weighted by Gasteiger charge is 2.21. The van der Waals surface area contributed by atoms with Crippen molar-refractivity contribution in [1.82, 2.24) is 10.0 Å². The summed E-state index contributed by atoms with van der Waals surface area (Å²) in [5.74, 6) is 0.317. The molecule has 7 heteroatoms. The van der Waals surface area contributed by atoms with Crippen molar-refractivity contribution in [3.8, 4) is 5.75 Å². The summed E-state index contributed by atoms with van der Waals surface area (Å²) < 4.78 is 33.3. The summed E-state index contributed by atoms with van der Waals surface area (Å²) in [6.45, 7) is 3.91. The van der Waals surface area contributed by atoms with Gasteiger partial charge in [0.25, 0.3) is 5.91 Å². The molecule has 6 nitrogen and oxygen atoms in total. The third-order valence-electron chi connectivity index (χ3n) is 5.35. The number of ether oxygens (including phenoxy) is 1. The molecule has 1 fully saturated rings. The minimum Gasteiger partial charge on any atom is -0.481 e. The SMILES string of the molecule is Cc1ccc(CNS(=O)(=O)c2ccc(O[C@H](C)C(=O)NC3CCCCC3)cc2)cc1. The molecule has 1 amide bonds. The normalized spacial score (nSPS) is 16.1. The van der Waals surface area contributed by atoms with E-state index in [1.165, 1.54) is 18.6 Å². The average molecular weight is 431 g/mol. The van der Waals surface area contributed by atoms with Gasteiger partial charge in [-0.3, -0.25) is 4.79 Å². The van der Waals surface area contributed by atoms with Crippen molar-refractivity contribution in [2.45, 2.75) is 69.5 Å². The molecule has 1 saturated carbocycles. The Labute approximate surface area is 179 Å². The summed E-state index contributed by atoms with van der Waals surface area (Å²) in [5, 5.41) is 3.04. The van der Waals surface area contributed by atoms with Crippen LogP contribution in [0.4, 0.5) is 0 Å². The highest BCUT2D eigenvalue weighted by atomic mass is 32.2. The van der Waals surface area contributed by atoms with Gasteiger partial charge in [-0.25, -0.2) is 13.1 Å². The summed E-state index contributed by atoms with van der Waals surface area (Å²) in [5.41, 5.74) is 2.01. The molecule has 3 rings (SSSR count). The third-order valence-corrected chi connectivity index (χ3v) is 6.77. The Kier molecular flexibility index (Phi) is 7.50. The van der Waals surface area contributed by atoms with Crippen LogP contribution in [0.3, 0.4) is 0 Å². The predicted octanol–water partition coefficient (Wildman–Crippen LogP) is 3.69. The first kappa shape index (κ1) is 22.3. The number of hydrogen-bond acceptors (Lipinski definition) is 4. The Morgan fingerprint density at radius 3 is 2.30 bits per heavy atom. The Balaban J connectivity index is 1.54. The first-order valence-corrected chi connectivity index (χ1v) is 11.9. The summed E-state index contributed by atoms with van der Waals surface area (Å²) in [4.78, 5) is 12.5. The molecule has 1 aliphatic rings. The second-order valence-electron chi connectivity index (χ2n) is 7.89. The summed E-state index contributed by atoms with van der Waals surface area (Å²) >= 11 is 0. The first-order valence-electron chi connectivity index (χ1n) is 10.5. The van der Waals surface area contributed by atoms with E-state index in [1.54, 1.807) is 19.1 Å². The molecule has 2 aromatic carbocycles. The predicted molar refractivity (Wildman–Crippen MR) is 117 cm³/mol. The third kappa shape index (κ3) is 6.31. The number of aryl methyl sites for hydroxylation is 1. The molecule has 1 atom stereocenters. The lowest BCUT2D eigenvalue weighted by Crippen LogP contribution is -2.43. The molecule has 0 saturated heterocycles. The topological polar surface area (TPSA) is 84.5 Å². The maximum Gasteiger partial charge on any atom is 0.260 e. The van der Waals surface area contributed by atoms with E-state index in [4.69, 9.17) is 4.74 Å². The Morgan fingerprint density at radius 1 is 1.03 bits per heavy atom. The van der Waals surface area contributed by atoms with Crippen molar-refractivity contribution in [3.63, 3.8) is 0 Å². The fourth-order valence-corrected chi connectivity index (χ4v) is 4.51. The second-order valence-corrected chi connectivity index (χ2v) is 9.65. The van der Waals surface area contributed by atoms with Gasteiger partial charge < -0.3 is 10.1 Å². The molecule has 0 aliphatic heterocycles. The van der Waals surface area contributed by atoms with Crippen molar-refractivity contribution < 1.29 is 17.9 Å². The van der Waals surface area contributed by atoms with E-state index in [2.05, 4.69) is 10.0 Å². The number of carbonyl (C=O) groups excluding carboxylic acids is 1. The Morgan fingerprint density at radius 2 is 1.67 bits per heavy atom. The summed E-state index contributed by atoms with van der Waals surface area (Å²) in [7, 11) is -3.63. The zero-order valence-electron chi connectivity index (χ0n) is 17.6. The Bertz CT molecular complexity index is 934. The zero-order valence-corrected chi connectivity index (χ0v) is 18.4. The molecule has 0 radical (unpaired) electrons. The minimum absolute atomic E-state index is 0.140. The fourth-order valence-electron chi connectivity index (χ4n) is 3.49. The number of carbonyl (C=O) groups is 1. The van der Waals surface area contributed by atoms with Gasteiger partial charge in [-0.1, -0.05) is 49.1 Å². The van der Waals surface area contributed by atoms with Gasteiger partial charge in [-0.2, -0.15) is 0 Å². The van der Waals surface area contributed by atoms with E-state index >= 15 is 0 Å². The van der Waals surface area contributed by atoms with Gasteiger partial charge in [-0.05, 0) is 56.5 Å². The highest BCUT2D eigenvalue weighted by molar-refractivity contribution is 7.89. The lowest BCUT2D eigenvalue weighted by Gasteiger charge is -2.24. The van der Waals surface area contributed by atoms with Crippen molar-refractivity contribution in [2.24, 2.45) is 0 Å². The van der Waals surface area contributed by atoms with Crippen molar-refractivity contribution in [2.75, 3.05) is 0 Å². The fraction of sp³-hybridized carbons (Fsp3) is 0.435. The lowest BCUT2D eigenvalue weighted by molar-refractivity contribution is -0.128. The smallest absolute Gasteiger partial charge is 0.260 e. The number of hydrogen-bond donors (Lipinski definition) is 2. The first-order chi connectivity index (χ1) is 14.3. The molecule has 0 aromatic heterocycles. The van der Waals surface area contributed by atoms with Crippen molar-refractivity contribution in [1.29, 1.82) is 0 Å². The van der Waals surface area contributed by atoms with Gasteiger partial charge in [0.05, 0.1) is 4.90 Å². The van der Waals surface area contributed by atoms with E-state index in [1.807, 2.05) is 31.2 Å². The monoisotopic (exact) mass is 430 g/mol. The molecule has 0 spiro atoms. The summed E-state index contributed by atoms with van der Waals surface area (Å²) in [6, 6.07) is 14.0. The van der Waals surface area contributed by atoms with Crippen LogP contribution in [0.25, 0.3) is 0 Å². The van der Waals surface area contributed by atoms with Crippen molar-refractivity contribution in [3.05, 3.63) is 59.7 Å². The van der Waals surface area contributed by atoms with E-state index < -0.39 is 16.1 Å².